The van der Waals surface area contributed by atoms with Gasteiger partial charge < -0.3 is 14.3 Å². The van der Waals surface area contributed by atoms with E-state index in [9.17, 15) is 4.79 Å². The lowest BCUT2D eigenvalue weighted by Gasteiger charge is -2.35. The highest BCUT2D eigenvalue weighted by molar-refractivity contribution is 7.06. The van der Waals surface area contributed by atoms with Crippen molar-refractivity contribution in [2.24, 2.45) is 0 Å². The van der Waals surface area contributed by atoms with Gasteiger partial charge in [0.25, 0.3) is 0 Å². The summed E-state index contributed by atoms with van der Waals surface area (Å²) in [6.07, 6.45) is 7.28. The highest BCUT2D eigenvalue weighted by Crippen LogP contribution is 2.37. The van der Waals surface area contributed by atoms with Crippen molar-refractivity contribution in [3.63, 3.8) is 0 Å². The molecule has 1 aliphatic rings. The molecule has 1 atom stereocenters. The van der Waals surface area contributed by atoms with Crippen LogP contribution in [0.15, 0.2) is 0 Å². The third-order valence-corrected chi connectivity index (χ3v) is 10.5. The van der Waals surface area contributed by atoms with Crippen LogP contribution in [-0.4, -0.2) is 33.0 Å². The second kappa shape index (κ2) is 8.44. The molecule has 0 N–H and O–H groups in total. The van der Waals surface area contributed by atoms with E-state index in [1.54, 1.807) is 0 Å². The third-order valence-electron chi connectivity index (χ3n) is 5.06. The molecular weight excluding hydrogens is 280 g/mol. The lowest BCUT2D eigenvalue weighted by molar-refractivity contribution is -0.162. The largest absolute Gasteiger partial charge is 0.353 e. The number of hydrogen-bond acceptors (Lipinski definition) is 3. The van der Waals surface area contributed by atoms with E-state index in [-0.39, 0.29) is 11.3 Å². The fraction of sp³-hybridized carbons (Fsp3) is 0.941. The Morgan fingerprint density at radius 3 is 2.48 bits per heavy atom. The van der Waals surface area contributed by atoms with Gasteiger partial charge in [0.1, 0.15) is 13.5 Å². The lowest BCUT2D eigenvalue weighted by Crippen LogP contribution is -2.46. The van der Waals surface area contributed by atoms with Crippen LogP contribution < -0.4 is 0 Å². The molecule has 0 bridgehead atoms. The molecule has 4 heteroatoms. The molecule has 1 unspecified atom stereocenters. The number of unbranched alkanes of at least 4 members (excludes halogenated alkanes) is 2. The second-order valence-corrected chi connectivity index (χ2v) is 13.1. The average molecular weight is 315 g/mol. The summed E-state index contributed by atoms with van der Waals surface area (Å²) in [7, 11) is -1.79. The number of ether oxygens (including phenoxy) is 2. The van der Waals surface area contributed by atoms with Crippen LogP contribution >= 0.6 is 0 Å². The zero-order chi connectivity index (χ0) is 15.9. The minimum atomic E-state index is -1.79. The van der Waals surface area contributed by atoms with Crippen molar-refractivity contribution in [3.8, 4) is 0 Å². The second-order valence-electron chi connectivity index (χ2n) is 7.78. The van der Waals surface area contributed by atoms with Gasteiger partial charge in [-0.2, -0.15) is 0 Å². The van der Waals surface area contributed by atoms with E-state index in [1.807, 2.05) is 0 Å². The standard InChI is InChI=1S/C17H34O3Si/c1-17(2,3)21(4,5)15(18)11-7-6-9-13-19-16-12-8-10-14-20-16/h16H,6-14H2,1-5H3. The molecule has 3 nitrogen and oxygen atoms in total. The van der Waals surface area contributed by atoms with E-state index in [4.69, 9.17) is 9.47 Å². The first-order valence-corrected chi connectivity index (χ1v) is 11.5. The van der Waals surface area contributed by atoms with E-state index in [1.165, 1.54) is 6.42 Å². The molecule has 0 aromatic rings. The van der Waals surface area contributed by atoms with Crippen LogP contribution in [0.2, 0.25) is 18.1 Å². The Bertz CT molecular complexity index is 314. The zero-order valence-corrected chi connectivity index (χ0v) is 15.7. The molecule has 124 valence electrons. The SMILES string of the molecule is CC(C)(C)[Si](C)(C)C(=O)CCCCCOC1CCCCO1. The van der Waals surface area contributed by atoms with Crippen molar-refractivity contribution in [3.05, 3.63) is 0 Å². The Kier molecular flexibility index (Phi) is 7.58. The molecule has 0 radical (unpaired) electrons. The van der Waals surface area contributed by atoms with Crippen molar-refractivity contribution in [1.29, 1.82) is 0 Å². The van der Waals surface area contributed by atoms with Gasteiger partial charge in [0.05, 0.1) is 0 Å². The van der Waals surface area contributed by atoms with Crippen LogP contribution in [0, 0.1) is 0 Å². The van der Waals surface area contributed by atoms with Crippen LogP contribution in [0.3, 0.4) is 0 Å². The summed E-state index contributed by atoms with van der Waals surface area (Å²) in [6, 6.07) is 0. The van der Waals surface area contributed by atoms with Gasteiger partial charge in [-0.3, -0.25) is 0 Å². The topological polar surface area (TPSA) is 35.5 Å². The fourth-order valence-corrected chi connectivity index (χ4v) is 3.99. The van der Waals surface area contributed by atoms with Crippen LogP contribution in [0.5, 0.6) is 0 Å². The van der Waals surface area contributed by atoms with Gasteiger partial charge in [0.2, 0.25) is 0 Å². The molecule has 0 saturated carbocycles. The molecule has 21 heavy (non-hydrogen) atoms. The van der Waals surface area contributed by atoms with E-state index in [2.05, 4.69) is 33.9 Å². The Balaban J connectivity index is 2.09. The maximum Gasteiger partial charge on any atom is 0.157 e. The van der Waals surface area contributed by atoms with Gasteiger partial charge in [-0.1, -0.05) is 40.3 Å². The smallest absolute Gasteiger partial charge is 0.157 e. The minimum absolute atomic E-state index is 0.0209. The number of carbonyl (C=O) groups excluding carboxylic acids is 1. The average Bonchev–Trinajstić information content (AvgIpc) is 2.42. The van der Waals surface area contributed by atoms with Gasteiger partial charge in [-0.25, -0.2) is 0 Å². The predicted molar refractivity (Wildman–Crippen MR) is 90.2 cm³/mol. The van der Waals surface area contributed by atoms with Crippen molar-refractivity contribution >= 4 is 13.5 Å². The molecule has 0 spiro atoms. The summed E-state index contributed by atoms with van der Waals surface area (Å²) in [5.74, 6) is 0. The van der Waals surface area contributed by atoms with Crippen molar-refractivity contribution in [2.45, 2.75) is 90.1 Å². The van der Waals surface area contributed by atoms with Gasteiger partial charge in [-0.15, -0.1) is 0 Å². The molecule has 0 aromatic carbocycles. The Hall–Kier alpha value is -0.193. The number of hydrogen-bond donors (Lipinski definition) is 0. The first-order chi connectivity index (χ1) is 9.75. The summed E-state index contributed by atoms with van der Waals surface area (Å²) in [5, 5.41) is 0.678. The monoisotopic (exact) mass is 314 g/mol. The summed E-state index contributed by atoms with van der Waals surface area (Å²) in [5.41, 5.74) is 0. The molecule has 0 amide bonds. The molecule has 0 aliphatic carbocycles. The summed E-state index contributed by atoms with van der Waals surface area (Å²) in [6.45, 7) is 12.6. The molecule has 1 fully saturated rings. The van der Waals surface area contributed by atoms with Gasteiger partial charge in [0, 0.05) is 19.6 Å². The van der Waals surface area contributed by atoms with Gasteiger partial charge >= 0.3 is 0 Å². The molecule has 1 saturated heterocycles. The van der Waals surface area contributed by atoms with Crippen LogP contribution in [0.1, 0.15) is 65.7 Å². The molecule has 1 rings (SSSR count). The Morgan fingerprint density at radius 1 is 1.19 bits per heavy atom. The molecular formula is C17H34O3Si. The predicted octanol–water partition coefficient (Wildman–Crippen LogP) is 4.71. The molecule has 1 aliphatic heterocycles. The quantitative estimate of drug-likeness (QED) is 0.481. The van der Waals surface area contributed by atoms with Crippen LogP contribution in [0.25, 0.3) is 0 Å². The van der Waals surface area contributed by atoms with E-state index < -0.39 is 8.07 Å². The van der Waals surface area contributed by atoms with E-state index in [0.717, 1.165) is 51.7 Å². The maximum absolute atomic E-state index is 12.4. The summed E-state index contributed by atoms with van der Waals surface area (Å²) in [4.78, 5) is 12.4. The van der Waals surface area contributed by atoms with E-state index >= 15 is 0 Å². The maximum atomic E-state index is 12.4. The number of rotatable bonds is 8. The first kappa shape index (κ1) is 18.9. The van der Waals surface area contributed by atoms with Gasteiger partial charge in [0.15, 0.2) is 6.29 Å². The van der Waals surface area contributed by atoms with Crippen molar-refractivity contribution in [2.75, 3.05) is 13.2 Å². The highest BCUT2D eigenvalue weighted by Gasteiger charge is 2.41. The zero-order valence-electron chi connectivity index (χ0n) is 14.7. The van der Waals surface area contributed by atoms with Crippen LogP contribution in [-0.2, 0) is 14.3 Å². The van der Waals surface area contributed by atoms with Gasteiger partial charge in [-0.05, 0) is 37.1 Å². The fourth-order valence-electron chi connectivity index (χ4n) is 2.35. The minimum Gasteiger partial charge on any atom is -0.353 e. The summed E-state index contributed by atoms with van der Waals surface area (Å²) < 4.78 is 11.2. The first-order valence-electron chi connectivity index (χ1n) is 8.51. The Labute approximate surface area is 131 Å². The Morgan fingerprint density at radius 2 is 1.90 bits per heavy atom. The van der Waals surface area contributed by atoms with Crippen molar-refractivity contribution in [1.82, 2.24) is 0 Å². The number of carbonyl (C=O) groups is 1. The lowest BCUT2D eigenvalue weighted by atomic mass is 10.2. The van der Waals surface area contributed by atoms with Crippen molar-refractivity contribution < 1.29 is 14.3 Å². The molecule has 0 aromatic heterocycles. The normalized spacial score (nSPS) is 20.5. The van der Waals surface area contributed by atoms with E-state index in [0.29, 0.717) is 5.41 Å². The highest BCUT2D eigenvalue weighted by atomic mass is 28.3. The van der Waals surface area contributed by atoms with Crippen LogP contribution in [0.4, 0.5) is 0 Å². The third kappa shape index (κ3) is 6.21. The molecule has 1 heterocycles. The summed E-state index contributed by atoms with van der Waals surface area (Å²) >= 11 is 0.